The number of rotatable bonds is 16. The number of aliphatic carboxylic acids is 1. The number of ketones is 1. The first kappa shape index (κ1) is 41.3. The zero-order valence-electron chi connectivity index (χ0n) is 30.4. The Morgan fingerprint density at radius 3 is 2.08 bits per heavy atom. The van der Waals surface area contributed by atoms with Crippen LogP contribution in [0.1, 0.15) is 82.9 Å². The molecule has 1 aliphatic heterocycles. The van der Waals surface area contributed by atoms with E-state index in [2.05, 4.69) is 21.3 Å². The average Bonchev–Trinajstić information content (AvgIpc) is 3.49. The third kappa shape index (κ3) is 10.9. The van der Waals surface area contributed by atoms with E-state index >= 15 is 0 Å². The number of nitrogens with one attached hydrogen (secondary N) is 4. The van der Waals surface area contributed by atoms with Gasteiger partial charge in [0.15, 0.2) is 6.04 Å². The molecule has 4 atom stereocenters. The number of likely N-dealkylation sites (N-methyl/N-ethyl adjacent to an activating group) is 1. The van der Waals surface area contributed by atoms with Gasteiger partial charge in [-0.2, -0.15) is 0 Å². The van der Waals surface area contributed by atoms with E-state index in [-0.39, 0.29) is 25.4 Å². The summed E-state index contributed by atoms with van der Waals surface area (Å²) in [6.45, 7) is 5.12. The number of amides is 6. The molecule has 6 amide bonds. The molecule has 1 saturated carbocycles. The predicted octanol–water partition coefficient (Wildman–Crippen LogP) is 2.93. The summed E-state index contributed by atoms with van der Waals surface area (Å²) in [5, 5.41) is 19.8. The minimum absolute atomic E-state index is 0.00489. The number of Topliss-reactive ketones (excluding diaryl/α,β-unsaturated/α-hetero) is 1. The normalized spacial score (nSPS) is 17.5. The van der Waals surface area contributed by atoms with Crippen molar-refractivity contribution in [2.45, 2.75) is 96.4 Å². The highest BCUT2D eigenvalue weighted by molar-refractivity contribution is 6.38. The van der Waals surface area contributed by atoms with E-state index in [0.717, 1.165) is 42.6 Å². The molecule has 0 aromatic heterocycles. The number of carbonyl (C=O) groups is 7. The molecule has 52 heavy (non-hydrogen) atoms. The monoisotopic (exact) mass is 720 g/mol. The summed E-state index contributed by atoms with van der Waals surface area (Å²) in [6.07, 6.45) is 5.10. The minimum atomic E-state index is -1.37. The summed E-state index contributed by atoms with van der Waals surface area (Å²) in [6, 6.07) is 11.9. The summed E-state index contributed by atoms with van der Waals surface area (Å²) in [5.74, 6) is -5.61. The number of hydrogen-bond donors (Lipinski definition) is 5. The van der Waals surface area contributed by atoms with E-state index in [9.17, 15) is 38.7 Å². The summed E-state index contributed by atoms with van der Waals surface area (Å²) in [7, 11) is 1.66. The first-order valence-electron chi connectivity index (χ1n) is 18.1. The maximum Gasteiger partial charge on any atom is 0.330 e. The number of carboxylic acids is 1. The van der Waals surface area contributed by atoms with Crippen molar-refractivity contribution in [2.75, 3.05) is 20.1 Å². The Bertz CT molecular complexity index is 1530. The molecule has 2 aromatic rings. The first-order chi connectivity index (χ1) is 25.0. The number of nitrogens with zero attached hydrogens (tertiary/aromatic N) is 2. The molecule has 0 bridgehead atoms. The molecular weight excluding hydrogens is 668 g/mol. The van der Waals surface area contributed by atoms with Gasteiger partial charge in [0.2, 0.25) is 23.5 Å². The summed E-state index contributed by atoms with van der Waals surface area (Å²) in [5.41, 5.74) is 1.13. The molecule has 0 radical (unpaired) electrons. The number of benzene rings is 2. The van der Waals surface area contributed by atoms with Gasteiger partial charge in [-0.1, -0.05) is 107 Å². The molecule has 5 N–H and O–H groups in total. The van der Waals surface area contributed by atoms with Crippen molar-refractivity contribution in [2.24, 2.45) is 5.92 Å². The molecule has 2 aliphatic rings. The van der Waals surface area contributed by atoms with Crippen LogP contribution in [0.2, 0.25) is 0 Å². The van der Waals surface area contributed by atoms with Gasteiger partial charge in [0.1, 0.15) is 6.04 Å². The van der Waals surface area contributed by atoms with Gasteiger partial charge in [-0.25, -0.2) is 14.5 Å². The zero-order valence-corrected chi connectivity index (χ0v) is 30.4. The highest BCUT2D eigenvalue weighted by atomic mass is 16.4. The van der Waals surface area contributed by atoms with Crippen LogP contribution in [-0.4, -0.2) is 94.6 Å². The van der Waals surface area contributed by atoms with Crippen molar-refractivity contribution in [1.29, 1.82) is 0 Å². The Morgan fingerprint density at radius 1 is 0.885 bits per heavy atom. The predicted molar refractivity (Wildman–Crippen MR) is 193 cm³/mol. The van der Waals surface area contributed by atoms with Crippen LogP contribution in [0.4, 0.5) is 4.79 Å². The topological polar surface area (TPSA) is 194 Å². The molecule has 14 nitrogen and oxygen atoms in total. The van der Waals surface area contributed by atoms with Gasteiger partial charge in [-0.15, -0.1) is 0 Å². The molecule has 2 fully saturated rings. The second-order valence-electron chi connectivity index (χ2n) is 12.7. The number of carbonyl (C=O) groups excluding carboxylic acids is 6. The lowest BCUT2D eigenvalue weighted by atomic mass is 9.83. The Balaban J connectivity index is 0.00000358. The maximum absolute atomic E-state index is 14.0. The minimum Gasteiger partial charge on any atom is -0.479 e. The van der Waals surface area contributed by atoms with Gasteiger partial charge < -0.3 is 31.3 Å². The van der Waals surface area contributed by atoms with E-state index in [1.165, 1.54) is 17.0 Å². The summed E-state index contributed by atoms with van der Waals surface area (Å²) in [4.78, 5) is 94.6. The molecular formula is C38H52N6O8. The van der Waals surface area contributed by atoms with Crippen LogP contribution in [-0.2, 0) is 35.3 Å². The number of imide groups is 1. The van der Waals surface area contributed by atoms with E-state index in [1.54, 1.807) is 32.2 Å². The molecule has 4 rings (SSSR count). The number of urea groups is 1. The van der Waals surface area contributed by atoms with Crippen LogP contribution in [0.3, 0.4) is 0 Å². The SMILES string of the molecule is CC.CCCC(NC(=O)C1CN(Cc2ccccc2)C(=O)N1C(=O)C(NC)C1CCCCC1)C(=O)C(=O)NCC(=O)N[C@H](C(=O)O)c1ccccc1. The van der Waals surface area contributed by atoms with Crippen LogP contribution >= 0.6 is 0 Å². The first-order valence-corrected chi connectivity index (χ1v) is 18.1. The number of hydrogen-bond acceptors (Lipinski definition) is 8. The van der Waals surface area contributed by atoms with Crippen molar-refractivity contribution >= 4 is 41.4 Å². The third-order valence-electron chi connectivity index (χ3n) is 9.17. The highest BCUT2D eigenvalue weighted by Crippen LogP contribution is 2.29. The van der Waals surface area contributed by atoms with Gasteiger partial charge in [-0.05, 0) is 43.4 Å². The molecule has 1 aliphatic carbocycles. The summed E-state index contributed by atoms with van der Waals surface area (Å²) >= 11 is 0. The van der Waals surface area contributed by atoms with Crippen LogP contribution in [0.5, 0.6) is 0 Å². The maximum atomic E-state index is 14.0. The molecule has 14 heteroatoms. The van der Waals surface area contributed by atoms with Gasteiger partial charge in [0, 0.05) is 6.54 Å². The Hall–Kier alpha value is -5.11. The fraction of sp³-hybridized carbons (Fsp3) is 0.500. The van der Waals surface area contributed by atoms with Crippen molar-refractivity contribution in [1.82, 2.24) is 31.1 Å². The molecule has 2 aromatic carbocycles. The van der Waals surface area contributed by atoms with Crippen molar-refractivity contribution < 1.29 is 38.7 Å². The fourth-order valence-electron chi connectivity index (χ4n) is 6.59. The Kier molecular flexibility index (Phi) is 16.4. The molecule has 282 valence electrons. The van der Waals surface area contributed by atoms with E-state index in [4.69, 9.17) is 0 Å². The van der Waals surface area contributed by atoms with Crippen LogP contribution in [0.25, 0.3) is 0 Å². The molecule has 0 spiro atoms. The lowest BCUT2D eigenvalue weighted by Crippen LogP contribution is -2.58. The van der Waals surface area contributed by atoms with Gasteiger partial charge >= 0.3 is 12.0 Å². The number of carboxylic acid groups (broad SMARTS) is 1. The largest absolute Gasteiger partial charge is 0.479 e. The van der Waals surface area contributed by atoms with E-state index in [0.29, 0.717) is 12.0 Å². The fourth-order valence-corrected chi connectivity index (χ4v) is 6.59. The van der Waals surface area contributed by atoms with E-state index < -0.39 is 72.1 Å². The molecule has 1 heterocycles. The Labute approximate surface area is 305 Å². The smallest absolute Gasteiger partial charge is 0.330 e. The second kappa shape index (κ2) is 20.7. The third-order valence-corrected chi connectivity index (χ3v) is 9.17. The highest BCUT2D eigenvalue weighted by Gasteiger charge is 2.48. The molecule has 3 unspecified atom stereocenters. The standard InChI is InChI=1S/C36H46N6O8.C2H6/c1-3-13-26(31(44)33(46)38-20-28(43)40-30(35(48)49)25-18-11-6-12-19-25)39-32(45)27-22-41(21-23-14-7-4-8-15-23)36(50)42(27)34(47)29(37-2)24-16-9-5-10-17-24;1-2/h4,6-8,11-12,14-15,18-19,24,26-27,29-30,37H,3,5,9-10,13,16-17,20-22H2,1-2H3,(H,38,46)(H,39,45)(H,40,43)(H,48,49);1-2H3/t26?,27?,29?,30-;/m0./s1. The van der Waals surface area contributed by atoms with Crippen molar-refractivity contribution in [3.05, 3.63) is 71.8 Å². The van der Waals surface area contributed by atoms with Crippen LogP contribution in [0, 0.1) is 5.92 Å². The summed E-state index contributed by atoms with van der Waals surface area (Å²) < 4.78 is 0. The van der Waals surface area contributed by atoms with Gasteiger partial charge in [0.25, 0.3) is 5.91 Å². The average molecular weight is 721 g/mol. The van der Waals surface area contributed by atoms with Gasteiger partial charge in [0.05, 0.1) is 25.2 Å². The molecule has 1 saturated heterocycles. The Morgan fingerprint density at radius 2 is 1.50 bits per heavy atom. The van der Waals surface area contributed by atoms with Crippen LogP contribution < -0.4 is 21.3 Å². The lowest BCUT2D eigenvalue weighted by molar-refractivity contribution is -0.143. The van der Waals surface area contributed by atoms with Gasteiger partial charge in [-0.3, -0.25) is 24.0 Å². The van der Waals surface area contributed by atoms with Crippen molar-refractivity contribution in [3.8, 4) is 0 Å². The quantitative estimate of drug-likeness (QED) is 0.162. The van der Waals surface area contributed by atoms with Crippen LogP contribution in [0.15, 0.2) is 60.7 Å². The van der Waals surface area contributed by atoms with Crippen molar-refractivity contribution in [3.63, 3.8) is 0 Å². The zero-order chi connectivity index (χ0) is 38.2. The second-order valence-corrected chi connectivity index (χ2v) is 12.7. The lowest BCUT2D eigenvalue weighted by Gasteiger charge is -2.32. The van der Waals surface area contributed by atoms with E-state index in [1.807, 2.05) is 44.2 Å².